The molecular formula is C17H15N3O4S. The van der Waals surface area contributed by atoms with Crippen LogP contribution in [0.3, 0.4) is 0 Å². The molecule has 0 aliphatic rings. The molecule has 0 saturated carbocycles. The number of ether oxygens (including phenoxy) is 1. The van der Waals surface area contributed by atoms with Crippen LogP contribution in [-0.2, 0) is 9.53 Å². The first-order valence-corrected chi connectivity index (χ1v) is 8.27. The van der Waals surface area contributed by atoms with Gasteiger partial charge in [-0.05, 0) is 13.8 Å². The van der Waals surface area contributed by atoms with Crippen molar-refractivity contribution < 1.29 is 18.8 Å². The lowest BCUT2D eigenvalue weighted by Gasteiger charge is -2.16. The Morgan fingerprint density at radius 2 is 2.00 bits per heavy atom. The molecule has 0 radical (unpaired) electrons. The first-order valence-electron chi connectivity index (χ1n) is 7.45. The van der Waals surface area contributed by atoms with Crippen molar-refractivity contribution in [3.8, 4) is 0 Å². The Kier molecular flexibility index (Phi) is 4.90. The predicted octanol–water partition coefficient (Wildman–Crippen LogP) is 3.28. The molecule has 0 bridgehead atoms. The molecule has 1 atom stereocenters. The van der Waals surface area contributed by atoms with Crippen LogP contribution in [0.4, 0.5) is 5.82 Å². The summed E-state index contributed by atoms with van der Waals surface area (Å²) in [6.07, 6.45) is 0.316. The summed E-state index contributed by atoms with van der Waals surface area (Å²) in [4.78, 5) is 29.3. The van der Waals surface area contributed by atoms with Gasteiger partial charge in [0.05, 0.1) is 11.2 Å². The largest absolute Gasteiger partial charge is 0.443 e. The topological polar surface area (TPSA) is 94.3 Å². The zero-order chi connectivity index (χ0) is 17.8. The van der Waals surface area contributed by atoms with Crippen LogP contribution in [0, 0.1) is 13.8 Å². The molecule has 0 saturated heterocycles. The maximum atomic E-state index is 12.6. The first kappa shape index (κ1) is 16.8. The third-order valence-electron chi connectivity index (χ3n) is 3.27. The Labute approximate surface area is 147 Å². The van der Waals surface area contributed by atoms with E-state index in [9.17, 15) is 9.59 Å². The van der Waals surface area contributed by atoms with Gasteiger partial charge in [0.1, 0.15) is 10.6 Å². The molecular weight excluding hydrogens is 342 g/mol. The summed E-state index contributed by atoms with van der Waals surface area (Å²) in [5, 5.41) is 7.05. The molecule has 128 valence electrons. The Morgan fingerprint density at radius 3 is 2.60 bits per heavy atom. The maximum absolute atomic E-state index is 12.6. The van der Waals surface area contributed by atoms with E-state index in [-0.39, 0.29) is 5.82 Å². The highest BCUT2D eigenvalue weighted by Gasteiger charge is 2.27. The number of esters is 1. The van der Waals surface area contributed by atoms with E-state index >= 15 is 0 Å². The summed E-state index contributed by atoms with van der Waals surface area (Å²) in [5.41, 5.74) is 0.551. The molecule has 25 heavy (non-hydrogen) atoms. The van der Waals surface area contributed by atoms with Gasteiger partial charge in [0.15, 0.2) is 5.82 Å². The van der Waals surface area contributed by atoms with Crippen LogP contribution < -0.4 is 5.32 Å². The van der Waals surface area contributed by atoms with Gasteiger partial charge in [-0.3, -0.25) is 4.79 Å². The van der Waals surface area contributed by atoms with Crippen LogP contribution in [0.25, 0.3) is 0 Å². The number of nitrogens with zero attached hydrogens (tertiary/aromatic N) is 2. The summed E-state index contributed by atoms with van der Waals surface area (Å²) in [6.45, 7) is 3.50. The number of thiazole rings is 1. The molecule has 0 aliphatic carbocycles. The Hall–Kier alpha value is -3.00. The average Bonchev–Trinajstić information content (AvgIpc) is 3.21. The molecule has 2 aromatic heterocycles. The fourth-order valence-electron chi connectivity index (χ4n) is 2.14. The van der Waals surface area contributed by atoms with Crippen LogP contribution in [0.15, 0.2) is 47.1 Å². The van der Waals surface area contributed by atoms with Crippen molar-refractivity contribution in [2.24, 2.45) is 0 Å². The minimum Gasteiger partial charge on any atom is -0.443 e. The number of anilines is 1. The smallest absolute Gasteiger partial charge is 0.351 e. The monoisotopic (exact) mass is 357 g/mol. The van der Waals surface area contributed by atoms with Gasteiger partial charge < -0.3 is 14.6 Å². The first-order chi connectivity index (χ1) is 12.0. The molecule has 3 aromatic rings. The van der Waals surface area contributed by atoms with Crippen LogP contribution in [0.2, 0.25) is 0 Å². The van der Waals surface area contributed by atoms with Crippen molar-refractivity contribution in [2.75, 3.05) is 5.32 Å². The number of hydrogen-bond donors (Lipinski definition) is 1. The fraction of sp³-hybridized carbons (Fsp3) is 0.176. The number of carbonyl (C=O) groups is 2. The van der Waals surface area contributed by atoms with E-state index in [1.807, 2.05) is 6.07 Å². The number of nitrogens with one attached hydrogen (secondary N) is 1. The fourth-order valence-corrected chi connectivity index (χ4v) is 2.80. The Morgan fingerprint density at radius 1 is 1.24 bits per heavy atom. The zero-order valence-electron chi connectivity index (χ0n) is 13.6. The van der Waals surface area contributed by atoms with Crippen molar-refractivity contribution in [2.45, 2.75) is 20.0 Å². The standard InChI is InChI=1S/C17H15N3O4S/c1-10-8-14(20-24-10)19-16(21)15(12-6-4-3-5-7-12)23-17(22)13-9-18-11(2)25-13/h3-9,15H,1-2H3,(H,19,20,21). The van der Waals surface area contributed by atoms with Crippen LogP contribution >= 0.6 is 11.3 Å². The molecule has 0 fully saturated rings. The SMILES string of the molecule is Cc1cc(NC(=O)C(OC(=O)c2cnc(C)s2)c2ccccc2)no1. The molecule has 2 heterocycles. The van der Waals surface area contributed by atoms with Crippen molar-refractivity contribution >= 4 is 29.0 Å². The molecule has 1 amide bonds. The normalized spacial score (nSPS) is 11.8. The lowest BCUT2D eigenvalue weighted by molar-refractivity contribution is -0.125. The maximum Gasteiger partial charge on any atom is 0.351 e. The van der Waals surface area contributed by atoms with Gasteiger partial charge in [-0.15, -0.1) is 11.3 Å². The van der Waals surface area contributed by atoms with Gasteiger partial charge in [-0.25, -0.2) is 9.78 Å². The number of hydrogen-bond acceptors (Lipinski definition) is 7. The highest BCUT2D eigenvalue weighted by atomic mass is 32.1. The second kappa shape index (κ2) is 7.27. The van der Waals surface area contributed by atoms with Crippen LogP contribution in [-0.4, -0.2) is 22.0 Å². The molecule has 1 aromatic carbocycles. The van der Waals surface area contributed by atoms with Crippen LogP contribution in [0.5, 0.6) is 0 Å². The minimum absolute atomic E-state index is 0.258. The number of amides is 1. The van der Waals surface area contributed by atoms with Gasteiger partial charge in [0.2, 0.25) is 6.10 Å². The Balaban J connectivity index is 1.82. The van der Waals surface area contributed by atoms with Crippen molar-refractivity contribution in [1.82, 2.24) is 10.1 Å². The van der Waals surface area contributed by atoms with Crippen LogP contribution in [0.1, 0.15) is 32.1 Å². The molecule has 1 N–H and O–H groups in total. The highest BCUT2D eigenvalue weighted by Crippen LogP contribution is 2.23. The van der Waals surface area contributed by atoms with Gasteiger partial charge in [-0.1, -0.05) is 35.5 Å². The molecule has 0 spiro atoms. The van der Waals surface area contributed by atoms with E-state index in [2.05, 4.69) is 15.5 Å². The van der Waals surface area contributed by atoms with Gasteiger partial charge in [0, 0.05) is 11.6 Å². The second-order valence-corrected chi connectivity index (χ2v) is 6.49. The lowest BCUT2D eigenvalue weighted by atomic mass is 10.1. The average molecular weight is 357 g/mol. The molecule has 0 aliphatic heterocycles. The summed E-state index contributed by atoms with van der Waals surface area (Å²) in [6, 6.07) is 10.3. The Bertz CT molecular complexity index is 888. The van der Waals surface area contributed by atoms with E-state index in [4.69, 9.17) is 9.26 Å². The quantitative estimate of drug-likeness (QED) is 0.704. The highest BCUT2D eigenvalue weighted by molar-refractivity contribution is 7.13. The van der Waals surface area contributed by atoms with E-state index in [1.54, 1.807) is 44.2 Å². The molecule has 7 nitrogen and oxygen atoms in total. The number of benzene rings is 1. The number of aryl methyl sites for hydroxylation is 2. The van der Waals surface area contributed by atoms with Gasteiger partial charge >= 0.3 is 5.97 Å². The van der Waals surface area contributed by atoms with E-state index < -0.39 is 18.0 Å². The third-order valence-corrected chi connectivity index (χ3v) is 4.16. The van der Waals surface area contributed by atoms with Crippen molar-refractivity contribution in [1.29, 1.82) is 0 Å². The number of aromatic nitrogens is 2. The molecule has 1 unspecified atom stereocenters. The zero-order valence-corrected chi connectivity index (χ0v) is 14.4. The third kappa shape index (κ3) is 4.10. The van der Waals surface area contributed by atoms with E-state index in [0.717, 1.165) is 5.01 Å². The predicted molar refractivity (Wildman–Crippen MR) is 91.3 cm³/mol. The molecule has 3 rings (SSSR count). The number of rotatable bonds is 5. The van der Waals surface area contributed by atoms with Crippen molar-refractivity contribution in [3.05, 3.63) is 63.8 Å². The minimum atomic E-state index is -1.12. The van der Waals surface area contributed by atoms with E-state index in [1.165, 1.54) is 17.5 Å². The number of carbonyl (C=O) groups excluding carboxylic acids is 2. The summed E-state index contributed by atoms with van der Waals surface area (Å²) < 4.78 is 10.4. The van der Waals surface area contributed by atoms with Gasteiger partial charge in [-0.2, -0.15) is 0 Å². The second-order valence-electron chi connectivity index (χ2n) is 5.25. The molecule has 8 heteroatoms. The van der Waals surface area contributed by atoms with Crippen molar-refractivity contribution in [3.63, 3.8) is 0 Å². The van der Waals surface area contributed by atoms with Gasteiger partial charge in [0.25, 0.3) is 5.91 Å². The summed E-state index contributed by atoms with van der Waals surface area (Å²) >= 11 is 1.21. The summed E-state index contributed by atoms with van der Waals surface area (Å²) in [5.74, 6) is -0.308. The van der Waals surface area contributed by atoms with E-state index in [0.29, 0.717) is 16.2 Å². The lowest BCUT2D eigenvalue weighted by Crippen LogP contribution is -2.25. The summed E-state index contributed by atoms with van der Waals surface area (Å²) in [7, 11) is 0.